The van der Waals surface area contributed by atoms with Gasteiger partial charge in [-0.25, -0.2) is 9.97 Å². The Hall–Kier alpha value is -1.24. The van der Waals surface area contributed by atoms with E-state index >= 15 is 0 Å². The number of nitrogens with zero attached hydrogens (tertiary/aromatic N) is 3. The molecule has 2 aromatic rings. The van der Waals surface area contributed by atoms with Crippen LogP contribution in [0.2, 0.25) is 25.7 Å². The van der Waals surface area contributed by atoms with Crippen molar-refractivity contribution in [1.29, 1.82) is 0 Å². The second kappa shape index (κ2) is 5.81. The van der Waals surface area contributed by atoms with E-state index in [4.69, 9.17) is 4.74 Å². The van der Waals surface area contributed by atoms with Gasteiger partial charge in [0, 0.05) is 26.4 Å². The molecule has 2 aromatic heterocycles. The lowest BCUT2D eigenvalue weighted by Crippen LogP contribution is -2.22. The van der Waals surface area contributed by atoms with Gasteiger partial charge in [0.1, 0.15) is 12.2 Å². The third-order valence-corrected chi connectivity index (χ3v) is 4.69. The standard InChI is InChI=1S/C13H21N3O2Si/c1-19(2,3)7-6-18-10-16-9-15-12-11(8-17)4-5-14-13(12)16/h4-5,9,17H,6-8,10H2,1-3H3. The Bertz CT molecular complexity index is 548. The summed E-state index contributed by atoms with van der Waals surface area (Å²) in [6.45, 7) is 8.21. The molecule has 0 amide bonds. The Labute approximate surface area is 114 Å². The van der Waals surface area contributed by atoms with Crippen molar-refractivity contribution in [3.63, 3.8) is 0 Å². The van der Waals surface area contributed by atoms with Gasteiger partial charge >= 0.3 is 0 Å². The van der Waals surface area contributed by atoms with Crippen LogP contribution in [0.25, 0.3) is 11.2 Å². The molecule has 0 spiro atoms. The van der Waals surface area contributed by atoms with Crippen LogP contribution in [0, 0.1) is 0 Å². The Morgan fingerprint density at radius 2 is 2.11 bits per heavy atom. The molecule has 2 heterocycles. The maximum absolute atomic E-state index is 9.24. The van der Waals surface area contributed by atoms with Gasteiger partial charge in [0.25, 0.3) is 0 Å². The molecule has 0 bridgehead atoms. The maximum atomic E-state index is 9.24. The minimum atomic E-state index is -1.05. The number of aliphatic hydroxyl groups excluding tert-OH is 1. The van der Waals surface area contributed by atoms with E-state index in [1.165, 1.54) is 0 Å². The molecule has 6 heteroatoms. The fourth-order valence-corrected chi connectivity index (χ4v) is 2.53. The van der Waals surface area contributed by atoms with E-state index in [1.807, 2.05) is 4.57 Å². The van der Waals surface area contributed by atoms with Crippen molar-refractivity contribution in [2.24, 2.45) is 0 Å². The average molecular weight is 279 g/mol. The number of fused-ring (bicyclic) bond motifs is 1. The lowest BCUT2D eigenvalue weighted by molar-refractivity contribution is 0.0895. The highest BCUT2D eigenvalue weighted by molar-refractivity contribution is 6.76. The second-order valence-electron chi connectivity index (χ2n) is 5.86. The largest absolute Gasteiger partial charge is 0.392 e. The van der Waals surface area contributed by atoms with Gasteiger partial charge in [-0.05, 0) is 12.1 Å². The highest BCUT2D eigenvalue weighted by atomic mass is 28.3. The zero-order valence-corrected chi connectivity index (χ0v) is 12.8. The first-order valence-electron chi connectivity index (χ1n) is 6.48. The molecule has 0 aliphatic rings. The van der Waals surface area contributed by atoms with Crippen LogP contribution in [0.15, 0.2) is 18.6 Å². The smallest absolute Gasteiger partial charge is 0.162 e. The predicted molar refractivity (Wildman–Crippen MR) is 77.6 cm³/mol. The van der Waals surface area contributed by atoms with E-state index in [0.29, 0.717) is 6.73 Å². The Kier molecular flexibility index (Phi) is 4.33. The molecule has 0 radical (unpaired) electrons. The van der Waals surface area contributed by atoms with Crippen LogP contribution in [-0.4, -0.2) is 34.3 Å². The van der Waals surface area contributed by atoms with Crippen LogP contribution in [0.5, 0.6) is 0 Å². The molecule has 0 unspecified atom stereocenters. The lowest BCUT2D eigenvalue weighted by atomic mass is 10.2. The number of ether oxygens (including phenoxy) is 1. The monoisotopic (exact) mass is 279 g/mol. The predicted octanol–water partition coefficient (Wildman–Crippen LogP) is 2.24. The van der Waals surface area contributed by atoms with Gasteiger partial charge < -0.3 is 9.84 Å². The molecule has 2 rings (SSSR count). The summed E-state index contributed by atoms with van der Waals surface area (Å²) in [5.41, 5.74) is 2.31. The van der Waals surface area contributed by atoms with Gasteiger partial charge in [-0.1, -0.05) is 19.6 Å². The van der Waals surface area contributed by atoms with Gasteiger partial charge in [-0.3, -0.25) is 4.57 Å². The average Bonchev–Trinajstić information content (AvgIpc) is 2.76. The lowest BCUT2D eigenvalue weighted by Gasteiger charge is -2.15. The third-order valence-electron chi connectivity index (χ3n) is 2.98. The zero-order chi connectivity index (χ0) is 13.9. The summed E-state index contributed by atoms with van der Waals surface area (Å²) in [6, 6.07) is 2.93. The molecule has 19 heavy (non-hydrogen) atoms. The van der Waals surface area contributed by atoms with E-state index in [9.17, 15) is 5.11 Å². The molecule has 1 N–H and O–H groups in total. The molecule has 104 valence electrons. The Morgan fingerprint density at radius 1 is 1.32 bits per heavy atom. The SMILES string of the molecule is C[Si](C)(C)CCOCn1cnc2c(CO)ccnc21. The fourth-order valence-electron chi connectivity index (χ4n) is 1.78. The summed E-state index contributed by atoms with van der Waals surface area (Å²) in [5, 5.41) is 9.24. The van der Waals surface area contributed by atoms with Crippen LogP contribution in [0.4, 0.5) is 0 Å². The van der Waals surface area contributed by atoms with E-state index in [2.05, 4.69) is 29.6 Å². The number of aliphatic hydroxyl groups is 1. The van der Waals surface area contributed by atoms with Crippen molar-refractivity contribution >= 4 is 19.2 Å². The summed E-state index contributed by atoms with van der Waals surface area (Å²) in [7, 11) is -1.05. The molecule has 0 aromatic carbocycles. The molecule has 0 aliphatic carbocycles. The molecule has 0 aliphatic heterocycles. The van der Waals surface area contributed by atoms with Gasteiger partial charge in [-0.15, -0.1) is 0 Å². The molecular weight excluding hydrogens is 258 g/mol. The number of hydrogen-bond donors (Lipinski definition) is 1. The first-order valence-corrected chi connectivity index (χ1v) is 10.2. The van der Waals surface area contributed by atoms with Crippen molar-refractivity contribution in [2.45, 2.75) is 39.0 Å². The fraction of sp³-hybridized carbons (Fsp3) is 0.538. The second-order valence-corrected chi connectivity index (χ2v) is 11.5. The first kappa shape index (κ1) is 14.2. The minimum Gasteiger partial charge on any atom is -0.392 e. The van der Waals surface area contributed by atoms with E-state index in [-0.39, 0.29) is 6.61 Å². The number of rotatable bonds is 6. The van der Waals surface area contributed by atoms with Crippen LogP contribution in [0.3, 0.4) is 0 Å². The maximum Gasteiger partial charge on any atom is 0.162 e. The van der Waals surface area contributed by atoms with E-state index in [0.717, 1.165) is 29.4 Å². The highest BCUT2D eigenvalue weighted by Crippen LogP contribution is 2.15. The number of pyridine rings is 1. The van der Waals surface area contributed by atoms with Crippen LogP contribution >= 0.6 is 0 Å². The molecule has 0 saturated carbocycles. The minimum absolute atomic E-state index is 0.0213. The van der Waals surface area contributed by atoms with E-state index in [1.54, 1.807) is 18.6 Å². The zero-order valence-electron chi connectivity index (χ0n) is 11.8. The highest BCUT2D eigenvalue weighted by Gasteiger charge is 2.12. The first-order chi connectivity index (χ1) is 9.01. The normalized spacial score (nSPS) is 12.2. The summed E-state index contributed by atoms with van der Waals surface area (Å²) in [4.78, 5) is 8.58. The summed E-state index contributed by atoms with van der Waals surface area (Å²) < 4.78 is 7.56. The third kappa shape index (κ3) is 3.62. The van der Waals surface area contributed by atoms with Gasteiger partial charge in [0.05, 0.1) is 12.9 Å². The van der Waals surface area contributed by atoms with Gasteiger partial charge in [0.15, 0.2) is 5.65 Å². The summed E-state index contributed by atoms with van der Waals surface area (Å²) in [6.07, 6.45) is 3.40. The van der Waals surface area contributed by atoms with E-state index < -0.39 is 8.07 Å². The van der Waals surface area contributed by atoms with Crippen molar-refractivity contribution < 1.29 is 9.84 Å². The molecule has 0 atom stereocenters. The van der Waals surface area contributed by atoms with Crippen molar-refractivity contribution in [3.8, 4) is 0 Å². The Balaban J connectivity index is 2.02. The van der Waals surface area contributed by atoms with Crippen LogP contribution in [-0.2, 0) is 18.1 Å². The molecule has 0 fully saturated rings. The van der Waals surface area contributed by atoms with Gasteiger partial charge in [0.2, 0.25) is 0 Å². The number of aromatic nitrogens is 3. The van der Waals surface area contributed by atoms with Crippen LogP contribution < -0.4 is 0 Å². The van der Waals surface area contributed by atoms with Crippen molar-refractivity contribution in [1.82, 2.24) is 14.5 Å². The van der Waals surface area contributed by atoms with Gasteiger partial charge in [-0.2, -0.15) is 0 Å². The van der Waals surface area contributed by atoms with Crippen molar-refractivity contribution in [3.05, 3.63) is 24.2 Å². The molecule has 5 nitrogen and oxygen atoms in total. The quantitative estimate of drug-likeness (QED) is 0.651. The summed E-state index contributed by atoms with van der Waals surface area (Å²) >= 11 is 0. The molecule has 0 saturated heterocycles. The number of imidazole rings is 1. The molecular formula is C13H21N3O2Si. The summed E-state index contributed by atoms with van der Waals surface area (Å²) in [5.74, 6) is 0. The van der Waals surface area contributed by atoms with Crippen molar-refractivity contribution in [2.75, 3.05) is 6.61 Å². The Morgan fingerprint density at radius 3 is 2.79 bits per heavy atom. The topological polar surface area (TPSA) is 60.2 Å². The number of hydrogen-bond acceptors (Lipinski definition) is 4. The van der Waals surface area contributed by atoms with Crippen LogP contribution in [0.1, 0.15) is 5.56 Å².